The van der Waals surface area contributed by atoms with Crippen molar-refractivity contribution in [3.63, 3.8) is 0 Å². The molecule has 134 valence electrons. The minimum atomic E-state index is -4.02. The van der Waals surface area contributed by atoms with Gasteiger partial charge in [-0.3, -0.25) is 9.36 Å². The highest BCUT2D eigenvalue weighted by molar-refractivity contribution is 7.60. The molecule has 0 aliphatic heterocycles. The second kappa shape index (κ2) is 7.06. The van der Waals surface area contributed by atoms with Crippen molar-refractivity contribution in [2.24, 2.45) is 0 Å². The van der Waals surface area contributed by atoms with Gasteiger partial charge in [0.2, 0.25) is 7.37 Å². The van der Waals surface area contributed by atoms with E-state index in [9.17, 15) is 19.4 Å². The third-order valence-corrected chi connectivity index (χ3v) is 7.65. The Balaban J connectivity index is 1.88. The standard InChI is InChI=1S/C21H21O4P/c1-21(20(22)23,19-9-3-2-4-10-19)26(24,25)14-13-16-11-12-17-7-5-6-8-18(17)15-16/h2-12,15H,13-14H2,1H3,(H,22,23)(H,24,25). The van der Waals surface area contributed by atoms with Crippen LogP contribution in [0, 0.1) is 0 Å². The molecule has 0 fully saturated rings. The number of benzene rings is 3. The van der Waals surface area contributed by atoms with Gasteiger partial charge in [0.25, 0.3) is 0 Å². The van der Waals surface area contributed by atoms with Crippen LogP contribution in [-0.4, -0.2) is 22.1 Å². The first-order valence-corrected chi connectivity index (χ1v) is 10.3. The maximum absolute atomic E-state index is 13.1. The molecule has 3 rings (SSSR count). The summed E-state index contributed by atoms with van der Waals surface area (Å²) in [6.07, 6.45) is 0.247. The minimum Gasteiger partial charge on any atom is -0.480 e. The van der Waals surface area contributed by atoms with E-state index in [2.05, 4.69) is 0 Å². The van der Waals surface area contributed by atoms with Gasteiger partial charge in [-0.15, -0.1) is 0 Å². The summed E-state index contributed by atoms with van der Waals surface area (Å²) in [5, 5.41) is 10.1. The summed E-state index contributed by atoms with van der Waals surface area (Å²) in [4.78, 5) is 22.6. The largest absolute Gasteiger partial charge is 0.480 e. The lowest BCUT2D eigenvalue weighted by Gasteiger charge is -2.30. The van der Waals surface area contributed by atoms with E-state index in [1.807, 2.05) is 42.5 Å². The van der Waals surface area contributed by atoms with E-state index in [1.165, 1.54) is 6.92 Å². The molecule has 2 N–H and O–H groups in total. The SMILES string of the molecule is CC(C(=O)O)(c1ccccc1)P(=O)(O)CCc1ccc2ccccc2c1. The molecular weight excluding hydrogens is 347 g/mol. The monoisotopic (exact) mass is 368 g/mol. The Bertz CT molecular complexity index is 983. The van der Waals surface area contributed by atoms with Crippen molar-refractivity contribution in [3.8, 4) is 0 Å². The van der Waals surface area contributed by atoms with Gasteiger partial charge in [-0.1, -0.05) is 72.8 Å². The number of carboxylic acids is 1. The van der Waals surface area contributed by atoms with Crippen LogP contribution in [0.2, 0.25) is 0 Å². The van der Waals surface area contributed by atoms with Gasteiger partial charge in [-0.25, -0.2) is 0 Å². The van der Waals surface area contributed by atoms with E-state index < -0.39 is 18.5 Å². The number of aryl methyl sites for hydroxylation is 1. The van der Waals surface area contributed by atoms with Crippen LogP contribution in [0.5, 0.6) is 0 Å². The average Bonchev–Trinajstić information content (AvgIpc) is 2.66. The molecule has 26 heavy (non-hydrogen) atoms. The number of carbonyl (C=O) groups is 1. The van der Waals surface area contributed by atoms with Crippen LogP contribution in [0.1, 0.15) is 18.1 Å². The molecule has 0 aromatic heterocycles. The Kier molecular flexibility index (Phi) is 4.99. The lowest BCUT2D eigenvalue weighted by atomic mass is 10.0. The second-order valence-corrected chi connectivity index (χ2v) is 9.34. The fraction of sp³-hybridized carbons (Fsp3) is 0.190. The van der Waals surface area contributed by atoms with Gasteiger partial charge in [0, 0.05) is 6.16 Å². The van der Waals surface area contributed by atoms with Crippen LogP contribution < -0.4 is 0 Å². The van der Waals surface area contributed by atoms with Crippen molar-refractivity contribution in [1.82, 2.24) is 0 Å². The maximum Gasteiger partial charge on any atom is 0.323 e. The first kappa shape index (κ1) is 18.4. The van der Waals surface area contributed by atoms with Gasteiger partial charge in [-0.05, 0) is 35.2 Å². The highest BCUT2D eigenvalue weighted by Crippen LogP contribution is 2.60. The van der Waals surface area contributed by atoms with E-state index in [-0.39, 0.29) is 6.16 Å². The predicted molar refractivity (Wildman–Crippen MR) is 104 cm³/mol. The number of carboxylic acid groups (broad SMARTS) is 1. The number of rotatable bonds is 6. The smallest absolute Gasteiger partial charge is 0.323 e. The molecule has 3 aromatic rings. The summed E-state index contributed by atoms with van der Waals surface area (Å²) in [5.41, 5.74) is 1.26. The van der Waals surface area contributed by atoms with Crippen LogP contribution in [0.3, 0.4) is 0 Å². The molecule has 0 radical (unpaired) electrons. The van der Waals surface area contributed by atoms with Crippen LogP contribution in [0.4, 0.5) is 0 Å². The van der Waals surface area contributed by atoms with Gasteiger partial charge < -0.3 is 10.00 Å². The summed E-state index contributed by atoms with van der Waals surface area (Å²) >= 11 is 0. The molecular formula is C21H21O4P. The normalized spacial score (nSPS) is 15.9. The van der Waals surface area contributed by atoms with Crippen LogP contribution in [-0.2, 0) is 20.9 Å². The molecule has 0 aliphatic rings. The first-order valence-electron chi connectivity index (χ1n) is 8.43. The average molecular weight is 368 g/mol. The van der Waals surface area contributed by atoms with E-state index in [0.717, 1.165) is 16.3 Å². The van der Waals surface area contributed by atoms with Crippen molar-refractivity contribution in [2.75, 3.05) is 6.16 Å². The van der Waals surface area contributed by atoms with Gasteiger partial charge in [-0.2, -0.15) is 0 Å². The number of hydrogen-bond donors (Lipinski definition) is 2. The third-order valence-electron chi connectivity index (χ3n) is 4.97. The van der Waals surface area contributed by atoms with E-state index in [4.69, 9.17) is 0 Å². The number of aliphatic carboxylic acids is 1. The van der Waals surface area contributed by atoms with Gasteiger partial charge in [0.1, 0.15) is 0 Å². The van der Waals surface area contributed by atoms with Crippen molar-refractivity contribution in [2.45, 2.75) is 18.5 Å². The van der Waals surface area contributed by atoms with E-state index >= 15 is 0 Å². The molecule has 0 saturated carbocycles. The fourth-order valence-corrected chi connectivity index (χ4v) is 5.00. The molecule has 2 unspecified atom stereocenters. The third kappa shape index (κ3) is 3.31. The Labute approximate surface area is 152 Å². The van der Waals surface area contributed by atoms with Gasteiger partial charge >= 0.3 is 5.97 Å². The van der Waals surface area contributed by atoms with Gasteiger partial charge in [0.05, 0.1) is 0 Å². The summed E-state index contributed by atoms with van der Waals surface area (Å²) in [6, 6.07) is 22.1. The molecule has 2 atom stereocenters. The Morgan fingerprint density at radius 2 is 1.58 bits per heavy atom. The van der Waals surface area contributed by atoms with Crippen molar-refractivity contribution < 1.29 is 19.4 Å². The molecule has 4 nitrogen and oxygen atoms in total. The molecule has 0 saturated heterocycles. The van der Waals surface area contributed by atoms with Gasteiger partial charge in [0.15, 0.2) is 5.16 Å². The molecule has 0 spiro atoms. The van der Waals surface area contributed by atoms with E-state index in [0.29, 0.717) is 12.0 Å². The Morgan fingerprint density at radius 3 is 2.23 bits per heavy atom. The summed E-state index contributed by atoms with van der Waals surface area (Å²) < 4.78 is 13.1. The maximum atomic E-state index is 13.1. The topological polar surface area (TPSA) is 74.6 Å². The van der Waals surface area contributed by atoms with Crippen molar-refractivity contribution in [1.29, 1.82) is 0 Å². The fourth-order valence-electron chi connectivity index (χ4n) is 3.14. The minimum absolute atomic E-state index is 0.0942. The zero-order valence-corrected chi connectivity index (χ0v) is 15.4. The van der Waals surface area contributed by atoms with Crippen molar-refractivity contribution in [3.05, 3.63) is 83.9 Å². The van der Waals surface area contributed by atoms with Crippen LogP contribution in [0.25, 0.3) is 10.8 Å². The number of fused-ring (bicyclic) bond motifs is 1. The Morgan fingerprint density at radius 1 is 0.962 bits per heavy atom. The van der Waals surface area contributed by atoms with E-state index in [1.54, 1.807) is 30.3 Å². The zero-order valence-electron chi connectivity index (χ0n) is 14.5. The molecule has 0 aliphatic carbocycles. The summed E-state index contributed by atoms with van der Waals surface area (Å²) in [5.74, 6) is -1.28. The Hall–Kier alpha value is -2.42. The highest BCUT2D eigenvalue weighted by Gasteiger charge is 2.50. The zero-order chi connectivity index (χ0) is 18.8. The molecule has 0 bridgehead atoms. The highest BCUT2D eigenvalue weighted by atomic mass is 31.2. The lowest BCUT2D eigenvalue weighted by molar-refractivity contribution is -0.140. The summed E-state index contributed by atoms with van der Waals surface area (Å²) in [6.45, 7) is 1.34. The molecule has 0 amide bonds. The molecule has 3 aromatic carbocycles. The summed E-state index contributed by atoms with van der Waals surface area (Å²) in [7, 11) is -4.02. The lowest BCUT2D eigenvalue weighted by Crippen LogP contribution is -2.33. The molecule has 5 heteroatoms. The van der Waals surface area contributed by atoms with Crippen molar-refractivity contribution >= 4 is 24.1 Å². The predicted octanol–water partition coefficient (Wildman–Crippen LogP) is 4.65. The van der Waals surface area contributed by atoms with Crippen LogP contribution in [0.15, 0.2) is 72.8 Å². The first-order chi connectivity index (χ1) is 12.3. The number of hydrogen-bond acceptors (Lipinski definition) is 2. The van der Waals surface area contributed by atoms with Crippen LogP contribution >= 0.6 is 7.37 Å². The molecule has 0 heterocycles. The second-order valence-electron chi connectivity index (χ2n) is 6.60. The quantitative estimate of drug-likeness (QED) is 0.621.